The smallest absolute Gasteiger partial charge is 0.127 e. The molecule has 0 saturated carbocycles. The van der Waals surface area contributed by atoms with Gasteiger partial charge in [0.2, 0.25) is 0 Å². The van der Waals surface area contributed by atoms with Crippen molar-refractivity contribution in [3.8, 4) is 5.75 Å². The van der Waals surface area contributed by atoms with Crippen molar-refractivity contribution < 1.29 is 4.74 Å². The van der Waals surface area contributed by atoms with E-state index in [9.17, 15) is 0 Å². The Bertz CT molecular complexity index is 360. The van der Waals surface area contributed by atoms with Crippen LogP contribution in [0.25, 0.3) is 0 Å². The predicted octanol–water partition coefficient (Wildman–Crippen LogP) is 3.92. The van der Waals surface area contributed by atoms with Gasteiger partial charge in [-0.1, -0.05) is 39.0 Å². The van der Waals surface area contributed by atoms with Crippen LogP contribution in [0.1, 0.15) is 45.2 Å². The molecule has 0 fully saturated rings. The lowest BCUT2D eigenvalue weighted by Gasteiger charge is -2.19. The SMILES string of the molecule is CCC(C)Oc1c(C)cccc1CNCC(C)C. The molecule has 0 aromatic heterocycles. The third kappa shape index (κ3) is 4.69. The van der Waals surface area contributed by atoms with Gasteiger partial charge in [-0.25, -0.2) is 0 Å². The van der Waals surface area contributed by atoms with Crippen molar-refractivity contribution in [2.45, 2.75) is 53.7 Å². The number of para-hydroxylation sites is 1. The van der Waals surface area contributed by atoms with Crippen molar-refractivity contribution in [3.05, 3.63) is 29.3 Å². The molecule has 0 radical (unpaired) electrons. The van der Waals surface area contributed by atoms with Crippen molar-refractivity contribution in [3.63, 3.8) is 0 Å². The molecular formula is C16H27NO. The summed E-state index contributed by atoms with van der Waals surface area (Å²) in [4.78, 5) is 0. The second-order valence-corrected chi connectivity index (χ2v) is 5.42. The van der Waals surface area contributed by atoms with E-state index in [4.69, 9.17) is 4.74 Å². The van der Waals surface area contributed by atoms with Crippen LogP contribution in [0.4, 0.5) is 0 Å². The molecule has 1 atom stereocenters. The van der Waals surface area contributed by atoms with Crippen LogP contribution < -0.4 is 10.1 Å². The first-order valence-corrected chi connectivity index (χ1v) is 7.00. The van der Waals surface area contributed by atoms with Crippen LogP contribution in [-0.4, -0.2) is 12.6 Å². The van der Waals surface area contributed by atoms with Crippen molar-refractivity contribution in [2.75, 3.05) is 6.54 Å². The highest BCUT2D eigenvalue weighted by atomic mass is 16.5. The van der Waals surface area contributed by atoms with E-state index >= 15 is 0 Å². The Morgan fingerprint density at radius 3 is 2.56 bits per heavy atom. The first kappa shape index (κ1) is 15.0. The molecule has 1 aromatic carbocycles. The summed E-state index contributed by atoms with van der Waals surface area (Å²) in [6.45, 7) is 12.8. The van der Waals surface area contributed by atoms with Gasteiger partial charge in [0.15, 0.2) is 0 Å². The summed E-state index contributed by atoms with van der Waals surface area (Å²) in [6, 6.07) is 6.37. The molecule has 1 aromatic rings. The maximum Gasteiger partial charge on any atom is 0.127 e. The highest BCUT2D eigenvalue weighted by Gasteiger charge is 2.09. The molecule has 1 N–H and O–H groups in total. The highest BCUT2D eigenvalue weighted by Crippen LogP contribution is 2.25. The van der Waals surface area contributed by atoms with Gasteiger partial charge < -0.3 is 10.1 Å². The Labute approximate surface area is 112 Å². The maximum atomic E-state index is 6.04. The number of rotatable bonds is 7. The van der Waals surface area contributed by atoms with Crippen LogP contribution in [0, 0.1) is 12.8 Å². The monoisotopic (exact) mass is 249 g/mol. The van der Waals surface area contributed by atoms with Gasteiger partial charge in [-0.2, -0.15) is 0 Å². The molecule has 0 spiro atoms. The molecule has 18 heavy (non-hydrogen) atoms. The number of nitrogens with one attached hydrogen (secondary N) is 1. The number of ether oxygens (including phenoxy) is 1. The zero-order valence-electron chi connectivity index (χ0n) is 12.4. The molecule has 1 unspecified atom stereocenters. The van der Waals surface area contributed by atoms with Gasteiger partial charge in [0.1, 0.15) is 5.75 Å². The zero-order chi connectivity index (χ0) is 13.5. The highest BCUT2D eigenvalue weighted by molar-refractivity contribution is 5.40. The molecule has 0 saturated heterocycles. The fourth-order valence-corrected chi connectivity index (χ4v) is 1.80. The van der Waals surface area contributed by atoms with E-state index in [2.05, 4.69) is 58.1 Å². The first-order chi connectivity index (χ1) is 8.54. The van der Waals surface area contributed by atoms with Crippen LogP contribution in [0.15, 0.2) is 18.2 Å². The summed E-state index contributed by atoms with van der Waals surface area (Å²) >= 11 is 0. The standard InChI is InChI=1S/C16H27NO/c1-6-14(5)18-16-13(4)8-7-9-15(16)11-17-10-12(2)3/h7-9,12,14,17H,6,10-11H2,1-5H3. The summed E-state index contributed by atoms with van der Waals surface area (Å²) in [5, 5.41) is 3.48. The lowest BCUT2D eigenvalue weighted by molar-refractivity contribution is 0.213. The van der Waals surface area contributed by atoms with E-state index in [1.165, 1.54) is 11.1 Å². The van der Waals surface area contributed by atoms with Crippen molar-refractivity contribution >= 4 is 0 Å². The average molecular weight is 249 g/mol. The molecule has 0 aliphatic carbocycles. The Kier molecular flexibility index (Phi) is 6.20. The molecule has 0 bridgehead atoms. The topological polar surface area (TPSA) is 21.3 Å². The number of hydrogen-bond donors (Lipinski definition) is 1. The van der Waals surface area contributed by atoms with Crippen LogP contribution in [-0.2, 0) is 6.54 Å². The quantitative estimate of drug-likeness (QED) is 0.791. The van der Waals surface area contributed by atoms with Gasteiger partial charge in [0, 0.05) is 12.1 Å². The van der Waals surface area contributed by atoms with Crippen LogP contribution in [0.3, 0.4) is 0 Å². The minimum atomic E-state index is 0.273. The molecule has 0 heterocycles. The van der Waals surface area contributed by atoms with Gasteiger partial charge in [0.25, 0.3) is 0 Å². The Morgan fingerprint density at radius 1 is 1.22 bits per heavy atom. The Morgan fingerprint density at radius 2 is 1.94 bits per heavy atom. The molecule has 1 rings (SSSR count). The summed E-state index contributed by atoms with van der Waals surface area (Å²) in [7, 11) is 0. The van der Waals surface area contributed by atoms with Crippen LogP contribution in [0.2, 0.25) is 0 Å². The molecule has 0 aliphatic heterocycles. The predicted molar refractivity (Wildman–Crippen MR) is 78.1 cm³/mol. The van der Waals surface area contributed by atoms with E-state index in [0.29, 0.717) is 5.92 Å². The number of benzene rings is 1. The van der Waals surface area contributed by atoms with E-state index < -0.39 is 0 Å². The molecule has 2 heteroatoms. The van der Waals surface area contributed by atoms with Crippen LogP contribution in [0.5, 0.6) is 5.75 Å². The van der Waals surface area contributed by atoms with Crippen molar-refractivity contribution in [1.82, 2.24) is 5.32 Å². The van der Waals surface area contributed by atoms with E-state index in [1.54, 1.807) is 0 Å². The lowest BCUT2D eigenvalue weighted by atomic mass is 10.1. The van der Waals surface area contributed by atoms with Gasteiger partial charge in [0.05, 0.1) is 6.10 Å². The van der Waals surface area contributed by atoms with Gasteiger partial charge in [-0.3, -0.25) is 0 Å². The molecule has 2 nitrogen and oxygen atoms in total. The number of aryl methyl sites for hydroxylation is 1. The fourth-order valence-electron chi connectivity index (χ4n) is 1.80. The minimum absolute atomic E-state index is 0.273. The summed E-state index contributed by atoms with van der Waals surface area (Å²) < 4.78 is 6.04. The largest absolute Gasteiger partial charge is 0.490 e. The average Bonchev–Trinajstić information content (AvgIpc) is 2.32. The normalized spacial score (nSPS) is 12.8. The number of hydrogen-bond acceptors (Lipinski definition) is 2. The maximum absolute atomic E-state index is 6.04. The first-order valence-electron chi connectivity index (χ1n) is 7.00. The summed E-state index contributed by atoms with van der Waals surface area (Å²) in [5.74, 6) is 1.73. The molecule has 0 amide bonds. The van der Waals surface area contributed by atoms with E-state index in [0.717, 1.165) is 25.3 Å². The summed E-state index contributed by atoms with van der Waals surface area (Å²) in [6.07, 6.45) is 1.31. The minimum Gasteiger partial charge on any atom is -0.490 e. The van der Waals surface area contributed by atoms with Gasteiger partial charge in [-0.15, -0.1) is 0 Å². The third-order valence-corrected chi connectivity index (χ3v) is 3.06. The van der Waals surface area contributed by atoms with E-state index in [1.807, 2.05) is 0 Å². The Hall–Kier alpha value is -1.02. The van der Waals surface area contributed by atoms with Gasteiger partial charge >= 0.3 is 0 Å². The third-order valence-electron chi connectivity index (χ3n) is 3.06. The fraction of sp³-hybridized carbons (Fsp3) is 0.625. The van der Waals surface area contributed by atoms with Crippen LogP contribution >= 0.6 is 0 Å². The molecule has 102 valence electrons. The van der Waals surface area contributed by atoms with Crippen molar-refractivity contribution in [1.29, 1.82) is 0 Å². The molecule has 0 aliphatic rings. The lowest BCUT2D eigenvalue weighted by Crippen LogP contribution is -2.20. The Balaban J connectivity index is 2.73. The van der Waals surface area contributed by atoms with E-state index in [-0.39, 0.29) is 6.10 Å². The zero-order valence-corrected chi connectivity index (χ0v) is 12.4. The van der Waals surface area contributed by atoms with Crippen molar-refractivity contribution in [2.24, 2.45) is 5.92 Å². The second kappa shape index (κ2) is 7.42. The molecular weight excluding hydrogens is 222 g/mol. The second-order valence-electron chi connectivity index (χ2n) is 5.42. The summed E-state index contributed by atoms with van der Waals surface area (Å²) in [5.41, 5.74) is 2.48. The van der Waals surface area contributed by atoms with Gasteiger partial charge in [-0.05, 0) is 38.3 Å².